The number of nitrogens with zero attached hydrogens (tertiary/aromatic N) is 2. The number of halogens is 1. The van der Waals surface area contributed by atoms with Crippen molar-refractivity contribution < 1.29 is 9.84 Å². The second-order valence-electron chi connectivity index (χ2n) is 12.1. The highest BCUT2D eigenvalue weighted by atomic mass is 35.5. The van der Waals surface area contributed by atoms with Crippen LogP contribution in [0.15, 0.2) is 41.2 Å². The Balaban J connectivity index is 0.00000361. The van der Waals surface area contributed by atoms with Crippen molar-refractivity contribution in [1.29, 1.82) is 0 Å². The van der Waals surface area contributed by atoms with Crippen LogP contribution in [0.2, 0.25) is 0 Å². The molecule has 0 amide bonds. The number of hydrogen-bond donors (Lipinski definition) is 1. The molecule has 1 aromatic carbocycles. The van der Waals surface area contributed by atoms with E-state index in [0.29, 0.717) is 18.4 Å². The van der Waals surface area contributed by atoms with E-state index in [2.05, 4.69) is 70.7 Å². The number of pyridine rings is 1. The third kappa shape index (κ3) is 6.00. The molecule has 0 saturated carbocycles. The Morgan fingerprint density at radius 1 is 1.03 bits per heavy atom. The second-order valence-corrected chi connectivity index (χ2v) is 12.1. The normalized spacial score (nSPS) is 20.9. The van der Waals surface area contributed by atoms with Gasteiger partial charge in [0.1, 0.15) is 18.5 Å². The SMILES string of the molecule is CCC(C)(C)c1ccc(OCC(O)CN2C[C@@H]3C[C@@H](C2)c2cccc(=O)n2C3)c(C(C)(C)CC)c1.Cl. The summed E-state index contributed by atoms with van der Waals surface area (Å²) >= 11 is 0. The minimum absolute atomic E-state index is 0. The van der Waals surface area contributed by atoms with Crippen LogP contribution in [-0.2, 0) is 17.4 Å². The number of ether oxygens (including phenoxy) is 1. The molecule has 1 saturated heterocycles. The van der Waals surface area contributed by atoms with Crippen molar-refractivity contribution >= 4 is 12.4 Å². The maximum atomic E-state index is 12.3. The van der Waals surface area contributed by atoms with Gasteiger partial charge in [-0.15, -0.1) is 12.4 Å². The molecule has 1 unspecified atom stereocenters. The summed E-state index contributed by atoms with van der Waals surface area (Å²) in [5.41, 5.74) is 3.93. The minimum Gasteiger partial charge on any atom is -0.491 e. The second kappa shape index (κ2) is 11.3. The summed E-state index contributed by atoms with van der Waals surface area (Å²) in [4.78, 5) is 14.6. The van der Waals surface area contributed by atoms with E-state index in [9.17, 15) is 9.90 Å². The highest BCUT2D eigenvalue weighted by Crippen LogP contribution is 2.39. The molecule has 1 aromatic heterocycles. The lowest BCUT2D eigenvalue weighted by Gasteiger charge is -2.43. The zero-order valence-electron chi connectivity index (χ0n) is 22.9. The van der Waals surface area contributed by atoms with Gasteiger partial charge in [0.15, 0.2) is 0 Å². The summed E-state index contributed by atoms with van der Waals surface area (Å²) in [5.74, 6) is 1.70. The molecular formula is C30H45ClN2O3. The molecule has 36 heavy (non-hydrogen) atoms. The smallest absolute Gasteiger partial charge is 0.250 e. The van der Waals surface area contributed by atoms with Gasteiger partial charge in [0.25, 0.3) is 5.56 Å². The zero-order valence-corrected chi connectivity index (χ0v) is 23.7. The molecule has 1 fully saturated rings. The lowest BCUT2D eigenvalue weighted by molar-refractivity contribution is 0.0380. The first-order chi connectivity index (χ1) is 16.5. The van der Waals surface area contributed by atoms with Gasteiger partial charge < -0.3 is 14.4 Å². The van der Waals surface area contributed by atoms with E-state index in [1.165, 1.54) is 11.1 Å². The molecule has 2 bridgehead atoms. The zero-order chi connectivity index (χ0) is 25.4. The van der Waals surface area contributed by atoms with E-state index in [-0.39, 0.29) is 35.4 Å². The Morgan fingerprint density at radius 3 is 2.44 bits per heavy atom. The molecule has 3 heterocycles. The van der Waals surface area contributed by atoms with Crippen LogP contribution >= 0.6 is 12.4 Å². The highest BCUT2D eigenvalue weighted by molar-refractivity contribution is 5.85. The van der Waals surface area contributed by atoms with Gasteiger partial charge in [0, 0.05) is 49.4 Å². The van der Waals surface area contributed by atoms with Crippen LogP contribution in [0.25, 0.3) is 0 Å². The fourth-order valence-electron chi connectivity index (χ4n) is 5.68. The van der Waals surface area contributed by atoms with Gasteiger partial charge in [-0.2, -0.15) is 0 Å². The van der Waals surface area contributed by atoms with Crippen molar-refractivity contribution in [2.24, 2.45) is 5.92 Å². The number of aliphatic hydroxyl groups excluding tert-OH is 1. The van der Waals surface area contributed by atoms with Gasteiger partial charge in [0.05, 0.1) is 0 Å². The lowest BCUT2D eigenvalue weighted by Crippen LogP contribution is -2.49. The molecule has 200 valence electrons. The Morgan fingerprint density at radius 2 is 1.75 bits per heavy atom. The molecule has 0 aliphatic carbocycles. The molecule has 2 aromatic rings. The molecule has 2 aliphatic heterocycles. The Bertz CT molecular complexity index is 1090. The summed E-state index contributed by atoms with van der Waals surface area (Å²) in [6.07, 6.45) is 2.66. The molecule has 4 rings (SSSR count). The van der Waals surface area contributed by atoms with Gasteiger partial charge in [-0.25, -0.2) is 0 Å². The molecule has 1 N–H and O–H groups in total. The fourth-order valence-corrected chi connectivity index (χ4v) is 5.68. The van der Waals surface area contributed by atoms with Crippen molar-refractivity contribution in [2.75, 3.05) is 26.2 Å². The Kier molecular flexibility index (Phi) is 9.01. The minimum atomic E-state index is -0.559. The summed E-state index contributed by atoms with van der Waals surface area (Å²) in [6, 6.07) is 12.2. The molecule has 5 nitrogen and oxygen atoms in total. The fraction of sp³-hybridized carbons (Fsp3) is 0.633. The predicted molar refractivity (Wildman–Crippen MR) is 150 cm³/mol. The van der Waals surface area contributed by atoms with Crippen LogP contribution in [-0.4, -0.2) is 46.9 Å². The Hall–Kier alpha value is -1.82. The Labute approximate surface area is 223 Å². The van der Waals surface area contributed by atoms with Gasteiger partial charge in [-0.05, 0) is 53.7 Å². The van der Waals surface area contributed by atoms with Gasteiger partial charge in [-0.1, -0.05) is 59.7 Å². The first-order valence-electron chi connectivity index (χ1n) is 13.4. The largest absolute Gasteiger partial charge is 0.491 e. The van der Waals surface area contributed by atoms with Crippen LogP contribution in [0.4, 0.5) is 0 Å². The van der Waals surface area contributed by atoms with Crippen molar-refractivity contribution in [3.05, 3.63) is 63.6 Å². The number of hydrogen-bond acceptors (Lipinski definition) is 4. The third-order valence-corrected chi connectivity index (χ3v) is 8.71. The molecular weight excluding hydrogens is 472 g/mol. The average Bonchev–Trinajstić information content (AvgIpc) is 2.83. The third-order valence-electron chi connectivity index (χ3n) is 8.71. The number of benzene rings is 1. The highest BCUT2D eigenvalue weighted by Gasteiger charge is 2.35. The summed E-state index contributed by atoms with van der Waals surface area (Å²) in [6.45, 7) is 17.0. The topological polar surface area (TPSA) is 54.7 Å². The van der Waals surface area contributed by atoms with Crippen LogP contribution in [0.1, 0.15) is 83.5 Å². The number of β-amino-alcohol motifs (C(OH)–C–C–N with tert-alkyl or cyclic N) is 1. The number of aliphatic hydroxyl groups is 1. The van der Waals surface area contributed by atoms with Gasteiger partial charge in [-0.3, -0.25) is 9.69 Å². The van der Waals surface area contributed by atoms with Crippen LogP contribution in [0.5, 0.6) is 5.75 Å². The maximum Gasteiger partial charge on any atom is 0.250 e. The molecule has 6 heteroatoms. The molecule has 0 radical (unpaired) electrons. The van der Waals surface area contributed by atoms with Crippen molar-refractivity contribution in [3.63, 3.8) is 0 Å². The number of piperidine rings is 1. The van der Waals surface area contributed by atoms with Crippen LogP contribution < -0.4 is 10.3 Å². The standard InChI is InChI=1S/C30H44N2O3.ClH/c1-7-29(3,4)23-12-13-27(25(15-23)30(5,6)8-2)35-20-24(33)19-31-16-21-14-22(18-31)26-10-9-11-28(34)32(26)17-21;/h9-13,15,21-22,24,33H,7-8,14,16-20H2,1-6H3;1H/t21-,22-,24?;/m0./s1. The summed E-state index contributed by atoms with van der Waals surface area (Å²) in [7, 11) is 0. The maximum absolute atomic E-state index is 12.3. The number of likely N-dealkylation sites (tertiary alicyclic amines) is 1. The van der Waals surface area contributed by atoms with Crippen molar-refractivity contribution in [1.82, 2.24) is 9.47 Å². The van der Waals surface area contributed by atoms with E-state index in [0.717, 1.165) is 50.3 Å². The van der Waals surface area contributed by atoms with E-state index >= 15 is 0 Å². The number of rotatable bonds is 9. The van der Waals surface area contributed by atoms with E-state index in [1.807, 2.05) is 10.6 Å². The average molecular weight is 517 g/mol. The quantitative estimate of drug-likeness (QED) is 0.478. The molecule has 0 spiro atoms. The monoisotopic (exact) mass is 516 g/mol. The predicted octanol–water partition coefficient (Wildman–Crippen LogP) is 5.50. The molecule has 3 atom stereocenters. The number of fused-ring (bicyclic) bond motifs is 4. The van der Waals surface area contributed by atoms with E-state index in [1.54, 1.807) is 6.07 Å². The van der Waals surface area contributed by atoms with Crippen LogP contribution in [0.3, 0.4) is 0 Å². The van der Waals surface area contributed by atoms with Crippen molar-refractivity contribution in [3.8, 4) is 5.75 Å². The lowest BCUT2D eigenvalue weighted by atomic mass is 9.76. The molecule has 2 aliphatic rings. The van der Waals surface area contributed by atoms with Crippen LogP contribution in [0, 0.1) is 5.92 Å². The summed E-state index contributed by atoms with van der Waals surface area (Å²) in [5, 5.41) is 10.9. The van der Waals surface area contributed by atoms with E-state index in [4.69, 9.17) is 4.74 Å². The first-order valence-corrected chi connectivity index (χ1v) is 13.4. The summed E-state index contributed by atoms with van der Waals surface area (Å²) < 4.78 is 8.23. The first kappa shape index (κ1) is 28.7. The van der Waals surface area contributed by atoms with Crippen molar-refractivity contribution in [2.45, 2.75) is 90.2 Å². The van der Waals surface area contributed by atoms with Gasteiger partial charge >= 0.3 is 0 Å². The number of aromatic nitrogens is 1. The van der Waals surface area contributed by atoms with E-state index < -0.39 is 6.10 Å². The van der Waals surface area contributed by atoms with Gasteiger partial charge in [0.2, 0.25) is 0 Å².